The monoisotopic (exact) mass is 156 g/mol. The normalized spacial score (nSPS) is 14.5. The van der Waals surface area contributed by atoms with Gasteiger partial charge in [-0.2, -0.15) is 0 Å². The Hall–Kier alpha value is -0.0400. The van der Waals surface area contributed by atoms with E-state index in [4.69, 9.17) is 0 Å². The smallest absolute Gasteiger partial charge is 0.00177 e. The van der Waals surface area contributed by atoms with Crippen LogP contribution in [0.1, 0.15) is 34.6 Å². The molecule has 0 aliphatic carbocycles. The van der Waals surface area contributed by atoms with Gasteiger partial charge >= 0.3 is 0 Å². The molecule has 11 heavy (non-hydrogen) atoms. The average molecular weight is 156 g/mol. The quantitative estimate of drug-likeness (QED) is 0.645. The van der Waals surface area contributed by atoms with Gasteiger partial charge in [0, 0.05) is 0 Å². The zero-order valence-electron chi connectivity index (χ0n) is 8.57. The van der Waals surface area contributed by atoms with E-state index in [-0.39, 0.29) is 0 Å². The average Bonchev–Trinajstić information content (AvgIpc) is 1.86. The number of nitrogens with one attached hydrogen (secondary N) is 1. The van der Waals surface area contributed by atoms with Crippen molar-refractivity contribution >= 4 is 0 Å². The summed E-state index contributed by atoms with van der Waals surface area (Å²) < 4.78 is 0. The highest BCUT2D eigenvalue weighted by molar-refractivity contribution is 4.84. The van der Waals surface area contributed by atoms with Crippen LogP contribution in [-0.2, 0) is 0 Å². The summed E-state index contributed by atoms with van der Waals surface area (Å²) in [4.78, 5) is 0. The van der Waals surface area contributed by atoms with Crippen LogP contribution >= 0.6 is 0 Å². The molecule has 0 bridgehead atoms. The highest BCUT2D eigenvalue weighted by Gasteiger charge is 2.06. The van der Waals surface area contributed by atoms with Crippen molar-refractivity contribution in [1.82, 2.24) is 5.32 Å². The van der Waals surface area contributed by atoms with E-state index in [1.807, 2.05) is 0 Å². The van der Waals surface area contributed by atoms with Gasteiger partial charge in [-0.3, -0.25) is 0 Å². The minimum Gasteiger partial charge on any atom is -0.316 e. The molecule has 0 saturated heterocycles. The van der Waals surface area contributed by atoms with Crippen molar-refractivity contribution in [2.75, 3.05) is 13.1 Å². The zero-order chi connectivity index (χ0) is 8.85. The lowest BCUT2D eigenvalue weighted by Gasteiger charge is -2.16. The Morgan fingerprint density at radius 3 is 2.00 bits per heavy atom. The number of hydrogen-bond donors (Lipinski definition) is 1. The lowest BCUT2D eigenvalue weighted by molar-refractivity contribution is 0.485. The van der Waals surface area contributed by atoms with Crippen molar-refractivity contribution in [3.8, 4) is 0 Å². The van der Waals surface area contributed by atoms with Crippen LogP contribution in [0.2, 0.25) is 0 Å². The van der Waals surface area contributed by atoms with Crippen LogP contribution in [0.5, 0.6) is 0 Å². The summed E-state index contributed by atoms with van der Waals surface area (Å²) in [7, 11) is 0. The van der Waals surface area contributed by atoms with Crippen LogP contribution in [-0.4, -0.2) is 13.1 Å². The summed E-state index contributed by atoms with van der Waals surface area (Å²) >= 11 is 0. The Labute approximate surface area is 71.6 Å². The number of rotatable bonds is 5. The molecule has 1 atom stereocenters. The molecule has 67 valence electrons. The molecule has 0 aromatic rings. The van der Waals surface area contributed by atoms with Crippen LogP contribution in [0, 0.1) is 17.8 Å². The van der Waals surface area contributed by atoms with E-state index >= 15 is 0 Å². The fraction of sp³-hybridized carbons (Fsp3) is 0.900. The van der Waals surface area contributed by atoms with Crippen molar-refractivity contribution in [2.45, 2.75) is 34.6 Å². The lowest BCUT2D eigenvalue weighted by atomic mass is 9.98. The minimum atomic E-state index is 0.716. The Morgan fingerprint density at radius 1 is 1.09 bits per heavy atom. The molecule has 0 heterocycles. The molecule has 0 saturated carbocycles. The zero-order valence-corrected chi connectivity index (χ0v) is 8.57. The molecule has 1 heteroatoms. The van der Waals surface area contributed by atoms with Gasteiger partial charge in [-0.15, -0.1) is 0 Å². The standard InChI is InChI=1S/C10H22N/c1-8(2)6-11-7-10(5)9(3)4/h8,10-11H,6-7H2,1-5H3. The molecule has 1 radical (unpaired) electrons. The van der Waals surface area contributed by atoms with E-state index in [1.165, 1.54) is 5.92 Å². The molecule has 1 N–H and O–H groups in total. The molecule has 1 nitrogen and oxygen atoms in total. The molecule has 0 amide bonds. The maximum atomic E-state index is 3.45. The fourth-order valence-corrected chi connectivity index (χ4v) is 0.793. The third-order valence-corrected chi connectivity index (χ3v) is 1.99. The van der Waals surface area contributed by atoms with Crippen LogP contribution in [0.25, 0.3) is 0 Å². The van der Waals surface area contributed by atoms with Gasteiger partial charge in [-0.1, -0.05) is 34.6 Å². The molecule has 0 spiro atoms. The van der Waals surface area contributed by atoms with Crippen LogP contribution < -0.4 is 5.32 Å². The summed E-state index contributed by atoms with van der Waals surface area (Å²) in [5.74, 6) is 2.99. The van der Waals surface area contributed by atoms with Crippen LogP contribution in [0.4, 0.5) is 0 Å². The van der Waals surface area contributed by atoms with Gasteiger partial charge in [-0.25, -0.2) is 0 Å². The molecule has 0 aromatic carbocycles. The highest BCUT2D eigenvalue weighted by atomic mass is 14.9. The van der Waals surface area contributed by atoms with Gasteiger partial charge in [0.1, 0.15) is 0 Å². The van der Waals surface area contributed by atoms with Crippen LogP contribution in [0.15, 0.2) is 0 Å². The van der Waals surface area contributed by atoms with Gasteiger partial charge in [0.25, 0.3) is 0 Å². The van der Waals surface area contributed by atoms with E-state index in [0.29, 0.717) is 5.92 Å². The minimum absolute atomic E-state index is 0.716. The Balaban J connectivity index is 3.24. The predicted molar refractivity (Wildman–Crippen MR) is 51.5 cm³/mol. The van der Waals surface area contributed by atoms with Gasteiger partial charge in [-0.05, 0) is 30.8 Å². The van der Waals surface area contributed by atoms with Gasteiger partial charge in [0.2, 0.25) is 0 Å². The fourth-order valence-electron chi connectivity index (χ4n) is 0.793. The molecular formula is C10H22N. The van der Waals surface area contributed by atoms with E-state index in [1.54, 1.807) is 0 Å². The van der Waals surface area contributed by atoms with Gasteiger partial charge in [0.15, 0.2) is 0 Å². The summed E-state index contributed by atoms with van der Waals surface area (Å²) in [5.41, 5.74) is 0. The third kappa shape index (κ3) is 6.36. The molecular weight excluding hydrogens is 134 g/mol. The van der Waals surface area contributed by atoms with E-state index in [9.17, 15) is 0 Å². The van der Waals surface area contributed by atoms with Crippen molar-refractivity contribution in [3.63, 3.8) is 0 Å². The predicted octanol–water partition coefficient (Wildman–Crippen LogP) is 2.48. The first kappa shape index (κ1) is 11.0. The van der Waals surface area contributed by atoms with Crippen molar-refractivity contribution in [2.24, 2.45) is 11.8 Å². The second-order valence-electron chi connectivity index (χ2n) is 4.03. The maximum Gasteiger partial charge on any atom is -0.00177 e. The lowest BCUT2D eigenvalue weighted by Crippen LogP contribution is -2.26. The Bertz CT molecular complexity index is 86.9. The summed E-state index contributed by atoms with van der Waals surface area (Å²) in [6.45, 7) is 13.4. The summed E-state index contributed by atoms with van der Waals surface area (Å²) in [6, 6.07) is 0. The molecule has 0 aliphatic heterocycles. The second-order valence-corrected chi connectivity index (χ2v) is 4.03. The topological polar surface area (TPSA) is 12.0 Å². The number of hydrogen-bond acceptors (Lipinski definition) is 1. The highest BCUT2D eigenvalue weighted by Crippen LogP contribution is 2.09. The SMILES string of the molecule is C[C](C)C(C)CNCC(C)C. The molecule has 0 aromatic heterocycles. The van der Waals surface area contributed by atoms with E-state index < -0.39 is 0 Å². The first-order valence-corrected chi connectivity index (χ1v) is 4.54. The van der Waals surface area contributed by atoms with Gasteiger partial charge in [0.05, 0.1) is 0 Å². The molecule has 1 unspecified atom stereocenters. The van der Waals surface area contributed by atoms with Gasteiger partial charge < -0.3 is 5.32 Å². The maximum absolute atomic E-state index is 3.45. The Kier molecular flexibility index (Phi) is 5.57. The third-order valence-electron chi connectivity index (χ3n) is 1.99. The Morgan fingerprint density at radius 2 is 1.64 bits per heavy atom. The van der Waals surface area contributed by atoms with Crippen molar-refractivity contribution in [3.05, 3.63) is 5.92 Å². The van der Waals surface area contributed by atoms with Crippen LogP contribution in [0.3, 0.4) is 0 Å². The van der Waals surface area contributed by atoms with E-state index in [0.717, 1.165) is 19.0 Å². The molecule has 0 aliphatic rings. The second kappa shape index (κ2) is 5.59. The van der Waals surface area contributed by atoms with Crippen molar-refractivity contribution in [1.29, 1.82) is 0 Å². The largest absolute Gasteiger partial charge is 0.316 e. The molecule has 0 rings (SSSR count). The first-order chi connectivity index (χ1) is 5.04. The summed E-state index contributed by atoms with van der Waals surface area (Å²) in [6.07, 6.45) is 0. The molecule has 0 fully saturated rings. The first-order valence-electron chi connectivity index (χ1n) is 4.54. The summed E-state index contributed by atoms with van der Waals surface area (Å²) in [5, 5.41) is 3.45. The van der Waals surface area contributed by atoms with E-state index in [2.05, 4.69) is 39.9 Å². The van der Waals surface area contributed by atoms with Crippen molar-refractivity contribution < 1.29 is 0 Å².